The van der Waals surface area contributed by atoms with Gasteiger partial charge in [-0.05, 0) is 6.92 Å². The van der Waals surface area contributed by atoms with E-state index in [1.807, 2.05) is 16.7 Å². The van der Waals surface area contributed by atoms with E-state index in [0.717, 1.165) is 4.83 Å². The fourth-order valence-electron chi connectivity index (χ4n) is 1.22. The topological polar surface area (TPSA) is 37.6 Å². The van der Waals surface area contributed by atoms with Crippen LogP contribution >= 0.6 is 11.3 Å². The van der Waals surface area contributed by atoms with Gasteiger partial charge in [0.15, 0.2) is 0 Å². The number of thiazole rings is 1. The first-order valence-corrected chi connectivity index (χ1v) is 5.27. The van der Waals surface area contributed by atoms with E-state index in [1.165, 1.54) is 11.3 Å². The molecular formula is C9H11N3OS. The van der Waals surface area contributed by atoms with Crippen LogP contribution in [0.4, 0.5) is 0 Å². The molecule has 2 aromatic heterocycles. The summed E-state index contributed by atoms with van der Waals surface area (Å²) in [6, 6.07) is 0. The smallest absolute Gasteiger partial charge is 0.271 e. The Morgan fingerprint density at radius 3 is 3.21 bits per heavy atom. The van der Waals surface area contributed by atoms with Gasteiger partial charge in [-0.25, -0.2) is 4.98 Å². The van der Waals surface area contributed by atoms with Gasteiger partial charge in [-0.3, -0.25) is 9.20 Å². The molecule has 0 aliphatic rings. The molecule has 0 aromatic carbocycles. The molecule has 0 saturated carbocycles. The Bertz CT molecular complexity index is 459. The largest absolute Gasteiger partial charge is 0.341 e. The minimum atomic E-state index is 0.0387. The van der Waals surface area contributed by atoms with Gasteiger partial charge in [0.25, 0.3) is 5.91 Å². The SMILES string of the molecule is CCN(C)C(=O)c1csc2cncn12. The van der Waals surface area contributed by atoms with Crippen LogP contribution in [0.3, 0.4) is 0 Å². The van der Waals surface area contributed by atoms with Crippen LogP contribution in [-0.2, 0) is 0 Å². The molecule has 0 unspecified atom stereocenters. The quantitative estimate of drug-likeness (QED) is 0.751. The number of aromatic nitrogens is 2. The predicted molar refractivity (Wildman–Crippen MR) is 55.7 cm³/mol. The molecule has 2 aromatic rings. The number of amides is 1. The number of fused-ring (bicyclic) bond motifs is 1. The highest BCUT2D eigenvalue weighted by molar-refractivity contribution is 7.15. The monoisotopic (exact) mass is 209 g/mol. The van der Waals surface area contributed by atoms with E-state index in [2.05, 4.69) is 4.98 Å². The van der Waals surface area contributed by atoms with Crippen molar-refractivity contribution in [3.63, 3.8) is 0 Å². The molecule has 0 fully saturated rings. The Hall–Kier alpha value is -1.36. The number of hydrogen-bond acceptors (Lipinski definition) is 3. The van der Waals surface area contributed by atoms with Crippen molar-refractivity contribution in [3.8, 4) is 0 Å². The van der Waals surface area contributed by atoms with Gasteiger partial charge < -0.3 is 4.90 Å². The fourth-order valence-corrected chi connectivity index (χ4v) is 2.04. The summed E-state index contributed by atoms with van der Waals surface area (Å²) < 4.78 is 1.82. The van der Waals surface area contributed by atoms with Crippen molar-refractivity contribution in [3.05, 3.63) is 23.6 Å². The highest BCUT2D eigenvalue weighted by Crippen LogP contribution is 2.16. The highest BCUT2D eigenvalue weighted by atomic mass is 32.1. The number of imidazole rings is 1. The summed E-state index contributed by atoms with van der Waals surface area (Å²) in [5.41, 5.74) is 0.687. The van der Waals surface area contributed by atoms with Crippen molar-refractivity contribution in [2.24, 2.45) is 0 Å². The van der Waals surface area contributed by atoms with Crippen molar-refractivity contribution >= 4 is 22.1 Å². The lowest BCUT2D eigenvalue weighted by Crippen LogP contribution is -2.27. The predicted octanol–water partition coefficient (Wildman–Crippen LogP) is 1.49. The Labute approximate surface area is 85.8 Å². The normalized spacial score (nSPS) is 10.7. The van der Waals surface area contributed by atoms with Gasteiger partial charge in [0.2, 0.25) is 0 Å². The lowest BCUT2D eigenvalue weighted by atomic mass is 10.4. The van der Waals surface area contributed by atoms with Gasteiger partial charge in [0.05, 0.1) is 6.20 Å². The van der Waals surface area contributed by atoms with Crippen molar-refractivity contribution in [2.75, 3.05) is 13.6 Å². The average molecular weight is 209 g/mol. The maximum absolute atomic E-state index is 11.8. The summed E-state index contributed by atoms with van der Waals surface area (Å²) in [5.74, 6) is 0.0387. The first kappa shape index (κ1) is 9.21. The van der Waals surface area contributed by atoms with E-state index in [4.69, 9.17) is 0 Å². The maximum atomic E-state index is 11.8. The van der Waals surface area contributed by atoms with Crippen molar-refractivity contribution in [1.82, 2.24) is 14.3 Å². The lowest BCUT2D eigenvalue weighted by molar-refractivity contribution is 0.0796. The molecule has 0 atom stereocenters. The fraction of sp³-hybridized carbons (Fsp3) is 0.333. The third kappa shape index (κ3) is 1.29. The molecule has 14 heavy (non-hydrogen) atoms. The third-order valence-electron chi connectivity index (χ3n) is 2.20. The molecule has 0 aliphatic heterocycles. The highest BCUT2D eigenvalue weighted by Gasteiger charge is 2.14. The molecule has 2 heterocycles. The van der Waals surface area contributed by atoms with E-state index < -0.39 is 0 Å². The Balaban J connectivity index is 2.43. The van der Waals surface area contributed by atoms with Crippen LogP contribution in [0.25, 0.3) is 4.83 Å². The zero-order valence-corrected chi connectivity index (χ0v) is 8.91. The van der Waals surface area contributed by atoms with Crippen LogP contribution in [-0.4, -0.2) is 33.8 Å². The third-order valence-corrected chi connectivity index (χ3v) is 3.08. The molecule has 2 rings (SSSR count). The molecule has 5 heteroatoms. The van der Waals surface area contributed by atoms with Crippen LogP contribution in [0, 0.1) is 0 Å². The second-order valence-electron chi connectivity index (χ2n) is 3.04. The molecule has 0 radical (unpaired) electrons. The number of carbonyl (C=O) groups excluding carboxylic acids is 1. The van der Waals surface area contributed by atoms with Gasteiger partial charge in [-0.1, -0.05) is 0 Å². The van der Waals surface area contributed by atoms with E-state index in [0.29, 0.717) is 12.2 Å². The average Bonchev–Trinajstić information content (AvgIpc) is 2.76. The zero-order valence-electron chi connectivity index (χ0n) is 8.10. The summed E-state index contributed by atoms with van der Waals surface area (Å²) in [6.07, 6.45) is 3.43. The number of carbonyl (C=O) groups is 1. The molecule has 0 bridgehead atoms. The van der Waals surface area contributed by atoms with E-state index >= 15 is 0 Å². The van der Waals surface area contributed by atoms with Crippen LogP contribution < -0.4 is 0 Å². The molecule has 74 valence electrons. The van der Waals surface area contributed by atoms with Crippen LogP contribution in [0.15, 0.2) is 17.9 Å². The minimum Gasteiger partial charge on any atom is -0.341 e. The summed E-state index contributed by atoms with van der Waals surface area (Å²) in [5, 5.41) is 1.87. The summed E-state index contributed by atoms with van der Waals surface area (Å²) in [7, 11) is 1.79. The van der Waals surface area contributed by atoms with E-state index in [1.54, 1.807) is 24.5 Å². The van der Waals surface area contributed by atoms with Crippen molar-refractivity contribution < 1.29 is 4.79 Å². The maximum Gasteiger partial charge on any atom is 0.271 e. The molecule has 4 nitrogen and oxygen atoms in total. The number of hydrogen-bond donors (Lipinski definition) is 0. The second-order valence-corrected chi connectivity index (χ2v) is 3.93. The Morgan fingerprint density at radius 2 is 2.50 bits per heavy atom. The Morgan fingerprint density at radius 1 is 1.71 bits per heavy atom. The first-order chi connectivity index (χ1) is 6.74. The molecule has 0 saturated heterocycles. The van der Waals surface area contributed by atoms with Gasteiger partial charge in [0.1, 0.15) is 16.9 Å². The van der Waals surface area contributed by atoms with E-state index in [-0.39, 0.29) is 5.91 Å². The summed E-state index contributed by atoms with van der Waals surface area (Å²) in [4.78, 5) is 18.5. The van der Waals surface area contributed by atoms with E-state index in [9.17, 15) is 4.79 Å². The summed E-state index contributed by atoms with van der Waals surface area (Å²) in [6.45, 7) is 2.67. The number of rotatable bonds is 2. The van der Waals surface area contributed by atoms with Gasteiger partial charge in [-0.15, -0.1) is 11.3 Å². The molecule has 1 amide bonds. The standard InChI is InChI=1S/C9H11N3OS/c1-3-11(2)9(13)7-5-14-8-4-10-6-12(7)8/h4-6H,3H2,1-2H3. The zero-order chi connectivity index (χ0) is 10.1. The van der Waals surface area contributed by atoms with Crippen molar-refractivity contribution in [1.29, 1.82) is 0 Å². The van der Waals surface area contributed by atoms with Crippen LogP contribution in [0.5, 0.6) is 0 Å². The summed E-state index contributed by atoms with van der Waals surface area (Å²) >= 11 is 1.53. The molecular weight excluding hydrogens is 198 g/mol. The second kappa shape index (κ2) is 3.42. The van der Waals surface area contributed by atoms with Gasteiger partial charge in [0, 0.05) is 19.0 Å². The van der Waals surface area contributed by atoms with Gasteiger partial charge in [-0.2, -0.15) is 0 Å². The molecule has 0 spiro atoms. The first-order valence-electron chi connectivity index (χ1n) is 4.39. The molecule has 0 aliphatic carbocycles. The lowest BCUT2D eigenvalue weighted by Gasteiger charge is -2.13. The molecule has 0 N–H and O–H groups in total. The van der Waals surface area contributed by atoms with Crippen molar-refractivity contribution in [2.45, 2.75) is 6.92 Å². The van der Waals surface area contributed by atoms with Gasteiger partial charge >= 0.3 is 0 Å². The van der Waals surface area contributed by atoms with Crippen LogP contribution in [0.2, 0.25) is 0 Å². The number of nitrogens with zero attached hydrogens (tertiary/aromatic N) is 3. The van der Waals surface area contributed by atoms with Crippen LogP contribution in [0.1, 0.15) is 17.4 Å². The minimum absolute atomic E-state index is 0.0387. The Kier molecular flexibility index (Phi) is 2.25.